The number of aryl methyl sites for hydroxylation is 1. The van der Waals surface area contributed by atoms with E-state index in [0.717, 1.165) is 24.5 Å². The predicted octanol–water partition coefficient (Wildman–Crippen LogP) is 1.62. The second kappa shape index (κ2) is 10.0. The van der Waals surface area contributed by atoms with E-state index in [1.165, 1.54) is 18.9 Å². The number of para-hydroxylation sites is 2. The second-order valence-electron chi connectivity index (χ2n) is 7.99. The molecule has 10 heteroatoms. The molecule has 1 N–H and O–H groups in total. The quantitative estimate of drug-likeness (QED) is 0.560. The van der Waals surface area contributed by atoms with Gasteiger partial charge in [-0.1, -0.05) is 12.1 Å². The van der Waals surface area contributed by atoms with Crippen LogP contribution in [0.15, 0.2) is 41.2 Å². The number of hydrogen-bond donors (Lipinski definition) is 1. The van der Waals surface area contributed by atoms with E-state index in [4.69, 9.17) is 14.2 Å². The molecule has 10 nitrogen and oxygen atoms in total. The number of piperazine rings is 1. The van der Waals surface area contributed by atoms with Crippen molar-refractivity contribution < 1.29 is 19.0 Å². The van der Waals surface area contributed by atoms with E-state index >= 15 is 0 Å². The van der Waals surface area contributed by atoms with Gasteiger partial charge in [0.1, 0.15) is 11.6 Å². The lowest BCUT2D eigenvalue weighted by Gasteiger charge is -2.36. The average Bonchev–Trinajstić information content (AvgIpc) is 2.86. The highest BCUT2D eigenvalue weighted by molar-refractivity contribution is 5.87. The smallest absolute Gasteiger partial charge is 0.280 e. The monoisotopic (exact) mass is 467 g/mol. The summed E-state index contributed by atoms with van der Waals surface area (Å²) in [5.74, 6) is 1.83. The number of hydrogen-bond acceptors (Lipinski definition) is 8. The number of carbonyl (C=O) groups excluding carboxylic acids is 1. The Hall–Kier alpha value is -3.79. The molecule has 2 aromatic carbocycles. The third kappa shape index (κ3) is 4.62. The molecular weight excluding hydrogens is 438 g/mol. The lowest BCUT2D eigenvalue weighted by atomic mass is 10.2. The standard InChI is InChI=1S/C24H29N5O5/c1-16-25-18-14-22(34-4)21(33-3)13-17(18)24(31)29(16)26-23(30)15-27-9-11-28(12-10-27)19-7-5-6-8-20(19)32-2/h5-8,13-14H,9-12,15H2,1-4H3,(H,26,30). The zero-order valence-electron chi connectivity index (χ0n) is 19.8. The number of carbonyl (C=O) groups is 1. The summed E-state index contributed by atoms with van der Waals surface area (Å²) in [6, 6.07) is 11.1. The van der Waals surface area contributed by atoms with Crippen molar-refractivity contribution in [1.82, 2.24) is 14.6 Å². The first-order valence-electron chi connectivity index (χ1n) is 11.0. The molecule has 1 aliphatic heterocycles. The van der Waals surface area contributed by atoms with Gasteiger partial charge >= 0.3 is 0 Å². The first-order chi connectivity index (χ1) is 16.4. The van der Waals surface area contributed by atoms with Gasteiger partial charge < -0.3 is 19.1 Å². The minimum Gasteiger partial charge on any atom is -0.495 e. The molecular formula is C24H29N5O5. The fraction of sp³-hybridized carbons (Fsp3) is 0.375. The fourth-order valence-electron chi connectivity index (χ4n) is 4.16. The lowest BCUT2D eigenvalue weighted by Crippen LogP contribution is -2.50. The molecule has 1 aromatic heterocycles. The Morgan fingerprint density at radius 1 is 0.971 bits per heavy atom. The number of aromatic nitrogens is 2. The van der Waals surface area contributed by atoms with Crippen LogP contribution in [0, 0.1) is 6.92 Å². The minimum atomic E-state index is -0.377. The topological polar surface area (TPSA) is 98.2 Å². The van der Waals surface area contributed by atoms with Gasteiger partial charge in [0.25, 0.3) is 11.5 Å². The van der Waals surface area contributed by atoms with E-state index in [1.807, 2.05) is 24.3 Å². The molecule has 180 valence electrons. The summed E-state index contributed by atoms with van der Waals surface area (Å²) in [4.78, 5) is 34.6. The fourth-order valence-corrected chi connectivity index (χ4v) is 4.16. The first-order valence-corrected chi connectivity index (χ1v) is 11.0. The molecule has 4 rings (SSSR count). The number of amides is 1. The Labute approximate surface area is 197 Å². The van der Waals surface area contributed by atoms with Crippen LogP contribution in [0.1, 0.15) is 5.82 Å². The van der Waals surface area contributed by atoms with Crippen LogP contribution < -0.4 is 30.1 Å². The van der Waals surface area contributed by atoms with E-state index in [-0.39, 0.29) is 18.0 Å². The SMILES string of the molecule is COc1cc2nc(C)n(NC(=O)CN3CCN(c4ccccc4OC)CC3)c(=O)c2cc1OC. The number of rotatable bonds is 7. The number of nitrogens with zero attached hydrogens (tertiary/aromatic N) is 4. The summed E-state index contributed by atoms with van der Waals surface area (Å²) in [6.45, 7) is 4.82. The molecule has 0 radical (unpaired) electrons. The number of ether oxygens (including phenoxy) is 3. The van der Waals surface area contributed by atoms with E-state index in [0.29, 0.717) is 41.3 Å². The molecule has 0 spiro atoms. The summed E-state index contributed by atoms with van der Waals surface area (Å²) >= 11 is 0. The number of benzene rings is 2. The van der Waals surface area contributed by atoms with Crippen LogP contribution in [0.2, 0.25) is 0 Å². The molecule has 1 amide bonds. The summed E-state index contributed by atoms with van der Waals surface area (Å²) in [5.41, 5.74) is 3.84. The molecule has 0 bridgehead atoms. The molecule has 1 fully saturated rings. The van der Waals surface area contributed by atoms with Crippen LogP contribution in [0.25, 0.3) is 10.9 Å². The third-order valence-corrected chi connectivity index (χ3v) is 5.94. The average molecular weight is 468 g/mol. The zero-order chi connectivity index (χ0) is 24.2. The largest absolute Gasteiger partial charge is 0.495 e. The maximum atomic E-state index is 13.1. The van der Waals surface area contributed by atoms with Crippen LogP contribution in [0.5, 0.6) is 17.2 Å². The van der Waals surface area contributed by atoms with Crippen molar-refractivity contribution in [3.8, 4) is 17.2 Å². The van der Waals surface area contributed by atoms with Gasteiger partial charge in [-0.25, -0.2) is 9.66 Å². The summed E-state index contributed by atoms with van der Waals surface area (Å²) in [7, 11) is 4.69. The molecule has 3 aromatic rings. The molecule has 1 saturated heterocycles. The highest BCUT2D eigenvalue weighted by atomic mass is 16.5. The van der Waals surface area contributed by atoms with E-state index in [9.17, 15) is 9.59 Å². The molecule has 2 heterocycles. The van der Waals surface area contributed by atoms with E-state index in [2.05, 4.69) is 20.2 Å². The van der Waals surface area contributed by atoms with Gasteiger partial charge in [0.05, 0.1) is 44.5 Å². The number of nitrogens with one attached hydrogen (secondary N) is 1. The highest BCUT2D eigenvalue weighted by Gasteiger charge is 2.22. The Bertz CT molecular complexity index is 1250. The van der Waals surface area contributed by atoms with Gasteiger partial charge in [0, 0.05) is 32.2 Å². The van der Waals surface area contributed by atoms with E-state index in [1.54, 1.807) is 26.2 Å². The second-order valence-corrected chi connectivity index (χ2v) is 7.99. The Morgan fingerprint density at radius 2 is 1.62 bits per heavy atom. The van der Waals surface area contributed by atoms with E-state index < -0.39 is 0 Å². The molecule has 34 heavy (non-hydrogen) atoms. The van der Waals surface area contributed by atoms with Crippen molar-refractivity contribution in [1.29, 1.82) is 0 Å². The zero-order valence-corrected chi connectivity index (χ0v) is 19.8. The van der Waals surface area contributed by atoms with Gasteiger partial charge in [-0.05, 0) is 25.1 Å². The summed E-state index contributed by atoms with van der Waals surface area (Å²) in [6.07, 6.45) is 0. The Morgan fingerprint density at radius 3 is 2.29 bits per heavy atom. The maximum Gasteiger partial charge on any atom is 0.280 e. The first kappa shape index (κ1) is 23.4. The van der Waals surface area contributed by atoms with Gasteiger partial charge in [-0.2, -0.15) is 0 Å². The van der Waals surface area contributed by atoms with Crippen molar-refractivity contribution in [2.24, 2.45) is 0 Å². The van der Waals surface area contributed by atoms with Crippen LogP contribution >= 0.6 is 0 Å². The van der Waals surface area contributed by atoms with Gasteiger partial charge in [0.15, 0.2) is 11.5 Å². The van der Waals surface area contributed by atoms with Crippen LogP contribution in [0.4, 0.5) is 5.69 Å². The lowest BCUT2D eigenvalue weighted by molar-refractivity contribution is -0.118. The van der Waals surface area contributed by atoms with Crippen LogP contribution in [0.3, 0.4) is 0 Å². The third-order valence-electron chi connectivity index (χ3n) is 5.94. The van der Waals surface area contributed by atoms with Crippen molar-refractivity contribution in [3.63, 3.8) is 0 Å². The molecule has 1 aliphatic rings. The van der Waals surface area contributed by atoms with Gasteiger partial charge in [-0.3, -0.25) is 19.9 Å². The van der Waals surface area contributed by atoms with Crippen molar-refractivity contribution in [2.75, 3.05) is 64.4 Å². The minimum absolute atomic E-state index is 0.176. The maximum absolute atomic E-state index is 13.1. The van der Waals surface area contributed by atoms with Crippen molar-refractivity contribution in [2.45, 2.75) is 6.92 Å². The molecule has 0 aliphatic carbocycles. The Kier molecular flexibility index (Phi) is 6.87. The van der Waals surface area contributed by atoms with Gasteiger partial charge in [0.2, 0.25) is 0 Å². The summed E-state index contributed by atoms with van der Waals surface area (Å²) in [5, 5.41) is 0.328. The summed E-state index contributed by atoms with van der Waals surface area (Å²) < 4.78 is 17.2. The number of anilines is 1. The van der Waals surface area contributed by atoms with Gasteiger partial charge in [-0.15, -0.1) is 0 Å². The molecule has 0 unspecified atom stereocenters. The highest BCUT2D eigenvalue weighted by Crippen LogP contribution is 2.30. The normalized spacial score (nSPS) is 14.2. The van der Waals surface area contributed by atoms with Crippen molar-refractivity contribution in [3.05, 3.63) is 52.6 Å². The predicted molar refractivity (Wildman–Crippen MR) is 130 cm³/mol. The van der Waals surface area contributed by atoms with Crippen LogP contribution in [-0.4, -0.2) is 74.5 Å². The molecule has 0 saturated carbocycles. The Balaban J connectivity index is 1.44. The number of methoxy groups -OCH3 is 3. The number of fused-ring (bicyclic) bond motifs is 1. The van der Waals surface area contributed by atoms with Crippen LogP contribution in [-0.2, 0) is 4.79 Å². The van der Waals surface area contributed by atoms with Crippen molar-refractivity contribution >= 4 is 22.5 Å². The molecule has 0 atom stereocenters.